The topological polar surface area (TPSA) is 47.3 Å². The third-order valence-electron chi connectivity index (χ3n) is 3.40. The summed E-state index contributed by atoms with van der Waals surface area (Å²) in [5, 5.41) is 3.18. The summed E-state index contributed by atoms with van der Waals surface area (Å²) in [6.07, 6.45) is 2.96. The van der Waals surface area contributed by atoms with Gasteiger partial charge in [-0.3, -0.25) is 0 Å². The van der Waals surface area contributed by atoms with Crippen LogP contribution in [0.1, 0.15) is 38.3 Å². The maximum Gasteiger partial charge on any atom is 0.0922 e. The number of ether oxygens (including phenoxy) is 1. The number of nitrogens with two attached hydrogens (primary N) is 1. The van der Waals surface area contributed by atoms with Gasteiger partial charge in [-0.05, 0) is 29.0 Å². The van der Waals surface area contributed by atoms with Crippen LogP contribution >= 0.6 is 0 Å². The molecule has 104 valence electrons. The van der Waals surface area contributed by atoms with Crippen LogP contribution in [0, 0.1) is 0 Å². The maximum atomic E-state index is 5.73. The van der Waals surface area contributed by atoms with Gasteiger partial charge in [0.15, 0.2) is 0 Å². The molecular weight excluding hydrogens is 236 g/mol. The van der Waals surface area contributed by atoms with Gasteiger partial charge in [0, 0.05) is 0 Å². The molecule has 0 saturated carbocycles. The predicted molar refractivity (Wildman–Crippen MR) is 78.6 cm³/mol. The fraction of sp³-hybridized carbons (Fsp3) is 0.500. The summed E-state index contributed by atoms with van der Waals surface area (Å²) in [4.78, 5) is 0. The van der Waals surface area contributed by atoms with Gasteiger partial charge in [-0.2, -0.15) is 0 Å². The molecule has 0 aliphatic carbocycles. The number of rotatable bonds is 4. The van der Waals surface area contributed by atoms with Crippen molar-refractivity contribution in [2.75, 3.05) is 6.61 Å². The Kier molecular flexibility index (Phi) is 4.15. The Morgan fingerprint density at radius 2 is 1.95 bits per heavy atom. The lowest BCUT2D eigenvalue weighted by molar-refractivity contribution is 0.104. The molecule has 1 atom stereocenters. The summed E-state index contributed by atoms with van der Waals surface area (Å²) in [6, 6.07) is 9.00. The molecule has 0 fully saturated rings. The second kappa shape index (κ2) is 5.66. The molecule has 0 spiro atoms. The molecule has 0 bridgehead atoms. The molecule has 1 aromatic carbocycles. The fourth-order valence-corrected chi connectivity index (χ4v) is 2.15. The zero-order valence-corrected chi connectivity index (χ0v) is 12.1. The molecule has 0 aromatic heterocycles. The number of hydrogen-bond acceptors (Lipinski definition) is 3. The van der Waals surface area contributed by atoms with Gasteiger partial charge in [-0.1, -0.05) is 45.0 Å². The van der Waals surface area contributed by atoms with Crippen LogP contribution in [0.3, 0.4) is 0 Å². The monoisotopic (exact) mass is 260 g/mol. The van der Waals surface area contributed by atoms with Gasteiger partial charge in [0.2, 0.25) is 0 Å². The van der Waals surface area contributed by atoms with E-state index in [0.29, 0.717) is 19.3 Å². The van der Waals surface area contributed by atoms with E-state index in [1.165, 1.54) is 11.1 Å². The fourth-order valence-electron chi connectivity index (χ4n) is 2.15. The highest BCUT2D eigenvalue weighted by molar-refractivity contribution is 5.27. The first-order valence-corrected chi connectivity index (χ1v) is 6.84. The molecule has 1 unspecified atom stereocenters. The summed E-state index contributed by atoms with van der Waals surface area (Å²) < 4.78 is 5.73. The Morgan fingerprint density at radius 3 is 2.47 bits per heavy atom. The standard InChI is InChI=1S/C16H24N2O/c1-16(2,3)13-6-4-12(5-7-13)10-19-11-14-8-9-15(17)18-14/h4-7,9,14,18H,8,10-11,17H2,1-3H3. The lowest BCUT2D eigenvalue weighted by Crippen LogP contribution is -2.30. The lowest BCUT2D eigenvalue weighted by atomic mass is 9.87. The molecule has 1 aliphatic heterocycles. The predicted octanol–water partition coefficient (Wildman–Crippen LogP) is 2.66. The minimum Gasteiger partial charge on any atom is -0.386 e. The van der Waals surface area contributed by atoms with Gasteiger partial charge in [-0.25, -0.2) is 0 Å². The number of benzene rings is 1. The van der Waals surface area contributed by atoms with Crippen LogP contribution in [0.4, 0.5) is 0 Å². The van der Waals surface area contributed by atoms with E-state index in [1.54, 1.807) is 0 Å². The van der Waals surface area contributed by atoms with Crippen LogP contribution in [0.5, 0.6) is 0 Å². The quantitative estimate of drug-likeness (QED) is 0.875. The van der Waals surface area contributed by atoms with E-state index in [2.05, 4.69) is 50.4 Å². The van der Waals surface area contributed by atoms with Crippen molar-refractivity contribution in [2.24, 2.45) is 5.73 Å². The molecule has 1 heterocycles. The Balaban J connectivity index is 1.77. The van der Waals surface area contributed by atoms with Gasteiger partial charge in [0.1, 0.15) is 0 Å². The third-order valence-corrected chi connectivity index (χ3v) is 3.40. The van der Waals surface area contributed by atoms with Crippen molar-refractivity contribution in [3.63, 3.8) is 0 Å². The Labute approximate surface area is 115 Å². The van der Waals surface area contributed by atoms with E-state index in [9.17, 15) is 0 Å². The Bertz CT molecular complexity index is 443. The Hall–Kier alpha value is -1.48. The lowest BCUT2D eigenvalue weighted by Gasteiger charge is -2.19. The molecule has 0 amide bonds. The van der Waals surface area contributed by atoms with E-state index in [-0.39, 0.29) is 5.41 Å². The van der Waals surface area contributed by atoms with Gasteiger partial charge in [-0.15, -0.1) is 0 Å². The summed E-state index contributed by atoms with van der Waals surface area (Å²) in [5.74, 6) is 0.767. The van der Waals surface area contributed by atoms with Crippen LogP contribution in [0.25, 0.3) is 0 Å². The molecule has 0 saturated heterocycles. The zero-order valence-electron chi connectivity index (χ0n) is 12.1. The van der Waals surface area contributed by atoms with Crippen LogP contribution in [0.15, 0.2) is 36.2 Å². The van der Waals surface area contributed by atoms with E-state index in [4.69, 9.17) is 10.5 Å². The van der Waals surface area contributed by atoms with Crippen molar-refractivity contribution in [1.82, 2.24) is 5.32 Å². The Morgan fingerprint density at radius 1 is 1.26 bits per heavy atom. The molecule has 0 radical (unpaired) electrons. The van der Waals surface area contributed by atoms with Crippen LogP contribution < -0.4 is 11.1 Å². The van der Waals surface area contributed by atoms with Crippen molar-refractivity contribution in [3.8, 4) is 0 Å². The SMILES string of the molecule is CC(C)(C)c1ccc(COCC2CC=C(N)N2)cc1. The normalized spacial score (nSPS) is 19.1. The van der Waals surface area contributed by atoms with Crippen molar-refractivity contribution >= 4 is 0 Å². The zero-order chi connectivity index (χ0) is 13.9. The first-order valence-electron chi connectivity index (χ1n) is 6.84. The van der Waals surface area contributed by atoms with Crippen LogP contribution in [-0.4, -0.2) is 12.6 Å². The van der Waals surface area contributed by atoms with E-state index >= 15 is 0 Å². The molecular formula is C16H24N2O. The van der Waals surface area contributed by atoms with Crippen LogP contribution in [-0.2, 0) is 16.8 Å². The summed E-state index contributed by atoms with van der Waals surface area (Å²) >= 11 is 0. The first kappa shape index (κ1) is 13.9. The first-order chi connectivity index (χ1) is 8.95. The van der Waals surface area contributed by atoms with E-state index in [1.807, 2.05) is 6.08 Å². The highest BCUT2D eigenvalue weighted by Gasteiger charge is 2.14. The molecule has 3 nitrogen and oxygen atoms in total. The molecule has 19 heavy (non-hydrogen) atoms. The van der Waals surface area contributed by atoms with Crippen LogP contribution in [0.2, 0.25) is 0 Å². The van der Waals surface area contributed by atoms with Gasteiger partial charge < -0.3 is 15.8 Å². The van der Waals surface area contributed by atoms with Gasteiger partial charge in [0.05, 0.1) is 25.1 Å². The maximum absolute atomic E-state index is 5.73. The van der Waals surface area contributed by atoms with Crippen molar-refractivity contribution in [3.05, 3.63) is 47.3 Å². The third kappa shape index (κ3) is 4.00. The number of hydrogen-bond donors (Lipinski definition) is 2. The largest absolute Gasteiger partial charge is 0.386 e. The average Bonchev–Trinajstić information content (AvgIpc) is 2.75. The number of nitrogens with one attached hydrogen (secondary N) is 1. The molecule has 1 aliphatic rings. The molecule has 1 aromatic rings. The molecule has 2 rings (SSSR count). The minimum atomic E-state index is 0.205. The highest BCUT2D eigenvalue weighted by Crippen LogP contribution is 2.22. The van der Waals surface area contributed by atoms with Crippen molar-refractivity contribution in [2.45, 2.75) is 45.3 Å². The highest BCUT2D eigenvalue weighted by atomic mass is 16.5. The second-order valence-corrected chi connectivity index (χ2v) is 6.20. The summed E-state index contributed by atoms with van der Waals surface area (Å²) in [7, 11) is 0. The van der Waals surface area contributed by atoms with E-state index in [0.717, 1.165) is 12.2 Å². The molecule has 3 N–H and O–H groups in total. The van der Waals surface area contributed by atoms with Gasteiger partial charge in [0.25, 0.3) is 0 Å². The summed E-state index contributed by atoms with van der Waals surface area (Å²) in [5.41, 5.74) is 8.43. The molecule has 3 heteroatoms. The van der Waals surface area contributed by atoms with Crippen molar-refractivity contribution < 1.29 is 4.74 Å². The van der Waals surface area contributed by atoms with Crippen molar-refractivity contribution in [1.29, 1.82) is 0 Å². The smallest absolute Gasteiger partial charge is 0.0922 e. The summed E-state index contributed by atoms with van der Waals surface area (Å²) in [6.45, 7) is 8.02. The van der Waals surface area contributed by atoms with E-state index < -0.39 is 0 Å². The van der Waals surface area contributed by atoms with Gasteiger partial charge >= 0.3 is 0 Å². The minimum absolute atomic E-state index is 0.205. The average molecular weight is 260 g/mol. The second-order valence-electron chi connectivity index (χ2n) is 6.20.